The van der Waals surface area contributed by atoms with Crippen LogP contribution in [0.4, 0.5) is 0 Å². The van der Waals surface area contributed by atoms with Crippen LogP contribution >= 0.6 is 0 Å². The number of rotatable bonds is 5. The summed E-state index contributed by atoms with van der Waals surface area (Å²) < 4.78 is 2.37. The van der Waals surface area contributed by atoms with Crippen LogP contribution in [0.5, 0.6) is 0 Å². The number of imidazole rings is 1. The zero-order valence-corrected chi connectivity index (χ0v) is 13.5. The van der Waals surface area contributed by atoms with Crippen molar-refractivity contribution in [3.05, 3.63) is 47.8 Å². The van der Waals surface area contributed by atoms with Gasteiger partial charge in [0, 0.05) is 43.9 Å². The first kappa shape index (κ1) is 14.4. The average molecular weight is 310 g/mol. The molecule has 2 aromatic heterocycles. The maximum absolute atomic E-state index is 12.3. The van der Waals surface area contributed by atoms with Crippen LogP contribution in [0, 0.1) is 12.8 Å². The van der Waals surface area contributed by atoms with Crippen molar-refractivity contribution in [3.63, 3.8) is 0 Å². The Kier molecular flexibility index (Phi) is 3.63. The zero-order chi connectivity index (χ0) is 15.8. The number of aromatic nitrogens is 3. The second kappa shape index (κ2) is 5.80. The van der Waals surface area contributed by atoms with Crippen LogP contribution in [0.1, 0.15) is 35.8 Å². The second-order valence-corrected chi connectivity index (χ2v) is 6.84. The van der Waals surface area contributed by atoms with Crippen molar-refractivity contribution < 1.29 is 4.79 Å². The molecule has 0 unspecified atom stereocenters. The highest BCUT2D eigenvalue weighted by atomic mass is 16.2. The van der Waals surface area contributed by atoms with Gasteiger partial charge in [-0.1, -0.05) is 0 Å². The molecule has 0 radical (unpaired) electrons. The summed E-state index contributed by atoms with van der Waals surface area (Å²) in [7, 11) is 0. The Morgan fingerprint density at radius 3 is 2.70 bits per heavy atom. The molecule has 1 saturated carbocycles. The molecule has 1 aliphatic carbocycles. The maximum Gasteiger partial charge on any atom is 0.227 e. The fourth-order valence-electron chi connectivity index (χ4n) is 3.23. The van der Waals surface area contributed by atoms with E-state index in [1.807, 2.05) is 23.2 Å². The number of amides is 1. The van der Waals surface area contributed by atoms with E-state index in [2.05, 4.69) is 21.5 Å². The van der Waals surface area contributed by atoms with Gasteiger partial charge in [0.15, 0.2) is 0 Å². The van der Waals surface area contributed by atoms with Gasteiger partial charge in [0.25, 0.3) is 0 Å². The second-order valence-electron chi connectivity index (χ2n) is 6.84. The van der Waals surface area contributed by atoms with Gasteiger partial charge < -0.3 is 9.47 Å². The van der Waals surface area contributed by atoms with E-state index in [1.54, 1.807) is 12.4 Å². The molecule has 0 aromatic carbocycles. The number of carbonyl (C=O) groups excluding carboxylic acids is 1. The lowest BCUT2D eigenvalue weighted by molar-refractivity contribution is -0.135. The number of likely N-dealkylation sites (tertiary alicyclic amines) is 1. The van der Waals surface area contributed by atoms with E-state index in [4.69, 9.17) is 0 Å². The Labute approximate surface area is 136 Å². The standard InChI is InChI=1S/C18H22N4O/c1-13-9-20-18(22(13)10-15-2-3-15)16-11-21(12-16)17(23)8-14-4-6-19-7-5-14/h4-7,9,15-16H,2-3,8,10-12H2,1H3. The number of hydrogen-bond donors (Lipinski definition) is 0. The van der Waals surface area contributed by atoms with Crippen LogP contribution in [-0.4, -0.2) is 38.4 Å². The van der Waals surface area contributed by atoms with Crippen LogP contribution in [0.3, 0.4) is 0 Å². The summed E-state index contributed by atoms with van der Waals surface area (Å²) in [6.07, 6.45) is 8.60. The first-order valence-electron chi connectivity index (χ1n) is 8.39. The summed E-state index contributed by atoms with van der Waals surface area (Å²) in [6, 6.07) is 3.81. The predicted octanol–water partition coefficient (Wildman–Crippen LogP) is 2.17. The molecule has 3 heterocycles. The van der Waals surface area contributed by atoms with E-state index >= 15 is 0 Å². The van der Waals surface area contributed by atoms with Crippen LogP contribution < -0.4 is 0 Å². The molecule has 120 valence electrons. The molecule has 4 rings (SSSR count). The van der Waals surface area contributed by atoms with Gasteiger partial charge in [-0.05, 0) is 43.4 Å². The minimum atomic E-state index is 0.199. The molecular weight excluding hydrogens is 288 g/mol. The first-order chi connectivity index (χ1) is 11.2. The molecule has 2 aromatic rings. The minimum absolute atomic E-state index is 0.199. The fourth-order valence-corrected chi connectivity index (χ4v) is 3.23. The topological polar surface area (TPSA) is 51.0 Å². The van der Waals surface area contributed by atoms with E-state index in [1.165, 1.54) is 24.4 Å². The van der Waals surface area contributed by atoms with Crippen LogP contribution in [0.15, 0.2) is 30.7 Å². The van der Waals surface area contributed by atoms with Crippen molar-refractivity contribution in [3.8, 4) is 0 Å². The van der Waals surface area contributed by atoms with E-state index in [9.17, 15) is 4.79 Å². The quantitative estimate of drug-likeness (QED) is 0.850. The lowest BCUT2D eigenvalue weighted by Crippen LogP contribution is -2.50. The van der Waals surface area contributed by atoms with Crippen molar-refractivity contribution in [2.75, 3.05) is 13.1 Å². The number of carbonyl (C=O) groups is 1. The maximum atomic E-state index is 12.3. The van der Waals surface area contributed by atoms with Crippen molar-refractivity contribution >= 4 is 5.91 Å². The Morgan fingerprint density at radius 2 is 2.00 bits per heavy atom. The summed E-state index contributed by atoms with van der Waals surface area (Å²) >= 11 is 0. The summed E-state index contributed by atoms with van der Waals surface area (Å²) in [6.45, 7) is 4.82. The molecule has 2 aliphatic rings. The summed E-state index contributed by atoms with van der Waals surface area (Å²) in [5, 5.41) is 0. The molecule has 23 heavy (non-hydrogen) atoms. The number of pyridine rings is 1. The highest BCUT2D eigenvalue weighted by Gasteiger charge is 2.35. The van der Waals surface area contributed by atoms with Crippen molar-refractivity contribution in [1.29, 1.82) is 0 Å². The third kappa shape index (κ3) is 3.00. The van der Waals surface area contributed by atoms with E-state index in [-0.39, 0.29) is 5.91 Å². The Balaban J connectivity index is 1.37. The molecule has 0 bridgehead atoms. The monoisotopic (exact) mass is 310 g/mol. The molecule has 1 amide bonds. The van der Waals surface area contributed by atoms with Gasteiger partial charge in [-0.25, -0.2) is 4.98 Å². The summed E-state index contributed by atoms with van der Waals surface area (Å²) in [4.78, 5) is 22.9. The summed E-state index contributed by atoms with van der Waals surface area (Å²) in [5.41, 5.74) is 2.27. The smallest absolute Gasteiger partial charge is 0.227 e. The van der Waals surface area contributed by atoms with Crippen LogP contribution in [-0.2, 0) is 17.8 Å². The third-order valence-electron chi connectivity index (χ3n) is 4.93. The van der Waals surface area contributed by atoms with Gasteiger partial charge in [0.1, 0.15) is 5.82 Å². The predicted molar refractivity (Wildman–Crippen MR) is 87.0 cm³/mol. The van der Waals surface area contributed by atoms with Crippen LogP contribution in [0.2, 0.25) is 0 Å². The van der Waals surface area contributed by atoms with Gasteiger partial charge in [0.05, 0.1) is 12.3 Å². The van der Waals surface area contributed by atoms with Crippen molar-refractivity contribution in [2.24, 2.45) is 5.92 Å². The first-order valence-corrected chi connectivity index (χ1v) is 8.39. The average Bonchev–Trinajstić information content (AvgIpc) is 3.25. The molecule has 1 aliphatic heterocycles. The van der Waals surface area contributed by atoms with E-state index < -0.39 is 0 Å². The molecule has 1 saturated heterocycles. The Hall–Kier alpha value is -2.17. The lowest BCUT2D eigenvalue weighted by atomic mass is 9.98. The van der Waals surface area contributed by atoms with Gasteiger partial charge >= 0.3 is 0 Å². The molecular formula is C18H22N4O. The van der Waals surface area contributed by atoms with Crippen molar-refractivity contribution in [2.45, 2.75) is 38.6 Å². The van der Waals surface area contributed by atoms with Crippen molar-refractivity contribution in [1.82, 2.24) is 19.4 Å². The third-order valence-corrected chi connectivity index (χ3v) is 4.93. The molecule has 5 heteroatoms. The number of aryl methyl sites for hydroxylation is 1. The SMILES string of the molecule is Cc1cnc(C2CN(C(=O)Cc3ccncc3)C2)n1CC1CC1. The Morgan fingerprint density at radius 1 is 1.26 bits per heavy atom. The molecule has 0 N–H and O–H groups in total. The fraction of sp³-hybridized carbons (Fsp3) is 0.500. The van der Waals surface area contributed by atoms with Crippen LogP contribution in [0.25, 0.3) is 0 Å². The van der Waals surface area contributed by atoms with E-state index in [0.717, 1.165) is 31.1 Å². The molecule has 2 fully saturated rings. The summed E-state index contributed by atoms with van der Waals surface area (Å²) in [5.74, 6) is 2.60. The zero-order valence-electron chi connectivity index (χ0n) is 13.5. The number of hydrogen-bond acceptors (Lipinski definition) is 3. The highest BCUT2D eigenvalue weighted by Crippen LogP contribution is 2.34. The molecule has 0 atom stereocenters. The van der Waals surface area contributed by atoms with Gasteiger partial charge in [0.2, 0.25) is 5.91 Å². The van der Waals surface area contributed by atoms with E-state index in [0.29, 0.717) is 12.3 Å². The van der Waals surface area contributed by atoms with Gasteiger partial charge in [-0.15, -0.1) is 0 Å². The molecule has 0 spiro atoms. The highest BCUT2D eigenvalue weighted by molar-refractivity contribution is 5.79. The largest absolute Gasteiger partial charge is 0.341 e. The Bertz CT molecular complexity index is 699. The molecule has 5 nitrogen and oxygen atoms in total. The normalized spacial score (nSPS) is 18.0. The van der Waals surface area contributed by atoms with Gasteiger partial charge in [-0.3, -0.25) is 9.78 Å². The number of nitrogens with zero attached hydrogens (tertiary/aromatic N) is 4. The van der Waals surface area contributed by atoms with Gasteiger partial charge in [-0.2, -0.15) is 0 Å². The minimum Gasteiger partial charge on any atom is -0.341 e. The lowest BCUT2D eigenvalue weighted by Gasteiger charge is -2.39.